The molecule has 1 aromatic heterocycles. The molecule has 1 atom stereocenters. The van der Waals surface area contributed by atoms with Gasteiger partial charge in [-0.3, -0.25) is 4.79 Å². The highest BCUT2D eigenvalue weighted by Crippen LogP contribution is 2.29. The van der Waals surface area contributed by atoms with E-state index in [1.165, 1.54) is 19.3 Å². The maximum atomic E-state index is 10.8. The Labute approximate surface area is 100 Å². The lowest BCUT2D eigenvalue weighted by molar-refractivity contribution is -0.138. The van der Waals surface area contributed by atoms with Gasteiger partial charge in [0.1, 0.15) is 0 Å². The summed E-state index contributed by atoms with van der Waals surface area (Å²) < 4.78 is 1.70. The van der Waals surface area contributed by atoms with Gasteiger partial charge in [-0.15, -0.1) is 5.10 Å². The Kier molecular flexibility index (Phi) is 3.71. The topological polar surface area (TPSA) is 80.9 Å². The van der Waals surface area contributed by atoms with Crippen molar-refractivity contribution in [1.29, 1.82) is 0 Å². The molecule has 2 rings (SSSR count). The maximum absolute atomic E-state index is 10.8. The molecule has 0 spiro atoms. The van der Waals surface area contributed by atoms with Crippen LogP contribution in [0.15, 0.2) is 0 Å². The number of carbonyl (C=O) groups is 1. The zero-order valence-corrected chi connectivity index (χ0v) is 10.0. The van der Waals surface area contributed by atoms with Crippen LogP contribution >= 0.6 is 0 Å². The fraction of sp³-hybridized carbons (Fsp3) is 0.818. The number of rotatable bonds is 6. The summed E-state index contributed by atoms with van der Waals surface area (Å²) in [6.07, 6.45) is 5.46. The minimum Gasteiger partial charge on any atom is -0.481 e. The second-order valence-corrected chi connectivity index (χ2v) is 4.70. The molecule has 1 saturated carbocycles. The minimum absolute atomic E-state index is 0.0825. The second kappa shape index (κ2) is 5.25. The van der Waals surface area contributed by atoms with Gasteiger partial charge in [0.15, 0.2) is 5.82 Å². The van der Waals surface area contributed by atoms with Crippen LogP contribution in [0.3, 0.4) is 0 Å². The summed E-state index contributed by atoms with van der Waals surface area (Å²) in [4.78, 5) is 10.8. The second-order valence-electron chi connectivity index (χ2n) is 4.70. The van der Waals surface area contributed by atoms with Crippen LogP contribution in [0.1, 0.15) is 50.9 Å². The van der Waals surface area contributed by atoms with Crippen LogP contribution in [0.5, 0.6) is 0 Å². The van der Waals surface area contributed by atoms with Crippen LogP contribution in [0.25, 0.3) is 0 Å². The molecule has 17 heavy (non-hydrogen) atoms. The first-order valence-corrected chi connectivity index (χ1v) is 6.19. The van der Waals surface area contributed by atoms with E-state index in [1.807, 2.05) is 6.92 Å². The fourth-order valence-corrected chi connectivity index (χ4v) is 2.19. The summed E-state index contributed by atoms with van der Waals surface area (Å²) in [5.41, 5.74) is 0. The number of nitrogens with zero attached hydrogens (tertiary/aromatic N) is 4. The van der Waals surface area contributed by atoms with Gasteiger partial charge in [-0.2, -0.15) is 0 Å². The van der Waals surface area contributed by atoms with Crippen molar-refractivity contribution in [3.8, 4) is 0 Å². The van der Waals surface area contributed by atoms with Crippen LogP contribution in [0, 0.1) is 5.92 Å². The van der Waals surface area contributed by atoms with E-state index in [-0.39, 0.29) is 12.5 Å². The number of hydrogen-bond donors (Lipinski definition) is 1. The average molecular weight is 238 g/mol. The van der Waals surface area contributed by atoms with Crippen molar-refractivity contribution in [2.75, 3.05) is 0 Å². The third-order valence-electron chi connectivity index (χ3n) is 3.48. The number of carboxylic acid groups (broad SMARTS) is 1. The van der Waals surface area contributed by atoms with Crippen molar-refractivity contribution in [2.24, 2.45) is 5.92 Å². The fourth-order valence-electron chi connectivity index (χ4n) is 2.19. The molecule has 0 bridgehead atoms. The van der Waals surface area contributed by atoms with E-state index < -0.39 is 5.97 Å². The monoisotopic (exact) mass is 238 g/mol. The predicted octanol–water partition coefficient (Wildman–Crippen LogP) is 1.44. The normalized spacial score (nSPS) is 17.7. The highest BCUT2D eigenvalue weighted by molar-refractivity contribution is 5.67. The highest BCUT2D eigenvalue weighted by atomic mass is 16.4. The number of tetrazole rings is 1. The predicted molar refractivity (Wildman–Crippen MR) is 60.4 cm³/mol. The molecule has 6 nitrogen and oxygen atoms in total. The van der Waals surface area contributed by atoms with Gasteiger partial charge in [-0.05, 0) is 22.8 Å². The first-order valence-electron chi connectivity index (χ1n) is 6.19. The summed E-state index contributed by atoms with van der Waals surface area (Å²) in [7, 11) is 0. The Morgan fingerprint density at radius 3 is 2.88 bits per heavy atom. The van der Waals surface area contributed by atoms with Crippen LogP contribution in [0.2, 0.25) is 0 Å². The molecular weight excluding hydrogens is 220 g/mol. The Morgan fingerprint density at radius 1 is 1.59 bits per heavy atom. The lowest BCUT2D eigenvalue weighted by atomic mass is 9.83. The molecule has 94 valence electrons. The number of aromatic nitrogens is 4. The summed E-state index contributed by atoms with van der Waals surface area (Å²) in [5.74, 6) is 0.715. The molecule has 0 radical (unpaired) electrons. The van der Waals surface area contributed by atoms with Crippen molar-refractivity contribution in [2.45, 2.75) is 51.5 Å². The number of aliphatic carboxylic acids is 1. The van der Waals surface area contributed by atoms with Crippen LogP contribution < -0.4 is 0 Å². The van der Waals surface area contributed by atoms with Crippen molar-refractivity contribution in [3.63, 3.8) is 0 Å². The first kappa shape index (κ1) is 12.0. The molecule has 0 aliphatic heterocycles. The van der Waals surface area contributed by atoms with E-state index in [0.717, 1.165) is 18.7 Å². The summed E-state index contributed by atoms with van der Waals surface area (Å²) >= 11 is 0. The van der Waals surface area contributed by atoms with Crippen molar-refractivity contribution in [3.05, 3.63) is 5.82 Å². The largest absolute Gasteiger partial charge is 0.481 e. The Morgan fingerprint density at radius 2 is 2.35 bits per heavy atom. The Hall–Kier alpha value is -1.46. The van der Waals surface area contributed by atoms with Gasteiger partial charge < -0.3 is 5.11 Å². The van der Waals surface area contributed by atoms with Crippen LogP contribution in [-0.4, -0.2) is 31.3 Å². The lowest BCUT2D eigenvalue weighted by Gasteiger charge is -2.25. The lowest BCUT2D eigenvalue weighted by Crippen LogP contribution is -2.21. The van der Waals surface area contributed by atoms with Crippen LogP contribution in [-0.2, 0) is 11.2 Å². The van der Waals surface area contributed by atoms with Gasteiger partial charge in [0.05, 0.1) is 12.5 Å². The molecule has 1 fully saturated rings. The molecule has 0 saturated heterocycles. The molecular formula is C11H18N4O2. The Balaban J connectivity index is 2.06. The third-order valence-corrected chi connectivity index (χ3v) is 3.48. The minimum atomic E-state index is -0.804. The Bertz CT molecular complexity index is 387. The average Bonchev–Trinajstić information content (AvgIpc) is 2.67. The van der Waals surface area contributed by atoms with Gasteiger partial charge in [-0.1, -0.05) is 26.2 Å². The standard InChI is InChI=1S/C11H18N4O2/c1-2-9(7-11(16)17)15-10(12-13-14-15)6-8-4-3-5-8/h8-9H,2-7H2,1H3,(H,16,17). The van der Waals surface area contributed by atoms with Crippen molar-refractivity contribution >= 4 is 5.97 Å². The number of carboxylic acids is 1. The van der Waals surface area contributed by atoms with Gasteiger partial charge in [0.2, 0.25) is 0 Å². The molecule has 1 N–H and O–H groups in total. The molecule has 1 aliphatic carbocycles. The van der Waals surface area contributed by atoms with E-state index in [2.05, 4.69) is 15.5 Å². The molecule has 1 heterocycles. The maximum Gasteiger partial charge on any atom is 0.305 e. The van der Waals surface area contributed by atoms with Crippen molar-refractivity contribution in [1.82, 2.24) is 20.2 Å². The summed E-state index contributed by atoms with van der Waals surface area (Å²) in [6.45, 7) is 1.96. The molecule has 6 heteroatoms. The van der Waals surface area contributed by atoms with Crippen LogP contribution in [0.4, 0.5) is 0 Å². The zero-order chi connectivity index (χ0) is 12.3. The van der Waals surface area contributed by atoms with Gasteiger partial charge in [0.25, 0.3) is 0 Å². The summed E-state index contributed by atoms with van der Waals surface area (Å²) in [5, 5.41) is 20.5. The van der Waals surface area contributed by atoms with Gasteiger partial charge in [-0.25, -0.2) is 4.68 Å². The highest BCUT2D eigenvalue weighted by Gasteiger charge is 2.24. The van der Waals surface area contributed by atoms with E-state index >= 15 is 0 Å². The van der Waals surface area contributed by atoms with E-state index in [0.29, 0.717) is 5.92 Å². The smallest absolute Gasteiger partial charge is 0.305 e. The SMILES string of the molecule is CCC(CC(=O)O)n1nnnc1CC1CCC1. The molecule has 1 unspecified atom stereocenters. The van der Waals surface area contributed by atoms with E-state index in [4.69, 9.17) is 5.11 Å². The van der Waals surface area contributed by atoms with Crippen molar-refractivity contribution < 1.29 is 9.90 Å². The zero-order valence-electron chi connectivity index (χ0n) is 10.0. The molecule has 1 aliphatic rings. The van der Waals surface area contributed by atoms with E-state index in [9.17, 15) is 4.79 Å². The molecule has 0 amide bonds. The van der Waals surface area contributed by atoms with Gasteiger partial charge in [0, 0.05) is 6.42 Å². The molecule has 1 aromatic rings. The first-order chi connectivity index (χ1) is 8.20. The van der Waals surface area contributed by atoms with E-state index in [1.54, 1.807) is 4.68 Å². The number of hydrogen-bond acceptors (Lipinski definition) is 4. The quantitative estimate of drug-likeness (QED) is 0.811. The van der Waals surface area contributed by atoms with Gasteiger partial charge >= 0.3 is 5.97 Å². The summed E-state index contributed by atoms with van der Waals surface area (Å²) in [6, 6.07) is -0.127. The molecule has 0 aromatic carbocycles. The third kappa shape index (κ3) is 2.81.